The van der Waals surface area contributed by atoms with Gasteiger partial charge >= 0.3 is 0 Å². The minimum atomic E-state index is 0.431. The average Bonchev–Trinajstić information content (AvgIpc) is 2.76. The molecule has 2 aromatic heterocycles. The van der Waals surface area contributed by atoms with E-state index in [-0.39, 0.29) is 0 Å². The van der Waals surface area contributed by atoms with Crippen molar-refractivity contribution >= 4 is 0 Å². The summed E-state index contributed by atoms with van der Waals surface area (Å²) >= 11 is 0. The van der Waals surface area contributed by atoms with Crippen LogP contribution in [-0.4, -0.2) is 26.2 Å². The Bertz CT molecular complexity index is 534. The number of aryl methyl sites for hydroxylation is 1. The van der Waals surface area contributed by atoms with Crippen LogP contribution in [0.1, 0.15) is 43.1 Å². The van der Waals surface area contributed by atoms with Crippen LogP contribution in [0.15, 0.2) is 36.7 Å². The second kappa shape index (κ2) is 6.18. The zero-order valence-electron chi connectivity index (χ0n) is 12.1. The van der Waals surface area contributed by atoms with Gasteiger partial charge in [0.15, 0.2) is 0 Å². The van der Waals surface area contributed by atoms with Gasteiger partial charge in [0.25, 0.3) is 0 Å². The first kappa shape index (κ1) is 13.3. The molecular formula is C16H22N4. The molecule has 1 fully saturated rings. The number of aromatic nitrogens is 3. The van der Waals surface area contributed by atoms with Gasteiger partial charge < -0.3 is 0 Å². The molecule has 4 heteroatoms. The topological polar surface area (TPSA) is 34.0 Å². The summed E-state index contributed by atoms with van der Waals surface area (Å²) in [6.45, 7) is 2.06. The maximum atomic E-state index is 4.62. The Morgan fingerprint density at radius 1 is 1.20 bits per heavy atom. The molecule has 1 unspecified atom stereocenters. The van der Waals surface area contributed by atoms with Crippen LogP contribution in [0.2, 0.25) is 0 Å². The van der Waals surface area contributed by atoms with Gasteiger partial charge in [-0.05, 0) is 37.6 Å². The monoisotopic (exact) mass is 270 g/mol. The lowest BCUT2D eigenvalue weighted by Gasteiger charge is -2.28. The Morgan fingerprint density at radius 3 is 2.90 bits per heavy atom. The average molecular weight is 270 g/mol. The lowest BCUT2D eigenvalue weighted by molar-refractivity contribution is 0.186. The van der Waals surface area contributed by atoms with Crippen LogP contribution >= 0.6 is 0 Å². The minimum Gasteiger partial charge on any atom is -0.289 e. The number of hydrogen-bond donors (Lipinski definition) is 0. The quantitative estimate of drug-likeness (QED) is 0.860. The fourth-order valence-corrected chi connectivity index (χ4v) is 3.00. The third-order valence-corrected chi connectivity index (χ3v) is 4.03. The van der Waals surface area contributed by atoms with Crippen LogP contribution in [0.3, 0.4) is 0 Å². The van der Waals surface area contributed by atoms with E-state index in [0.717, 1.165) is 18.8 Å². The Hall–Kier alpha value is -1.68. The fourth-order valence-electron chi connectivity index (χ4n) is 3.00. The Labute approximate surface area is 120 Å². The van der Waals surface area contributed by atoms with Gasteiger partial charge in [-0.1, -0.05) is 18.9 Å². The molecule has 20 heavy (non-hydrogen) atoms. The van der Waals surface area contributed by atoms with Crippen LogP contribution in [0, 0.1) is 0 Å². The zero-order valence-corrected chi connectivity index (χ0v) is 12.1. The van der Waals surface area contributed by atoms with Crippen molar-refractivity contribution in [3.05, 3.63) is 48.0 Å². The summed E-state index contributed by atoms with van der Waals surface area (Å²) in [6, 6.07) is 8.74. The molecule has 3 heterocycles. The number of nitrogens with zero attached hydrogens (tertiary/aromatic N) is 4. The van der Waals surface area contributed by atoms with Crippen LogP contribution in [0.4, 0.5) is 0 Å². The molecule has 0 amide bonds. The molecule has 0 bridgehead atoms. The van der Waals surface area contributed by atoms with Crippen molar-refractivity contribution in [2.24, 2.45) is 7.05 Å². The highest BCUT2D eigenvalue weighted by atomic mass is 15.3. The van der Waals surface area contributed by atoms with Crippen molar-refractivity contribution in [1.82, 2.24) is 19.7 Å². The van der Waals surface area contributed by atoms with Gasteiger partial charge in [0.2, 0.25) is 0 Å². The Kier molecular flexibility index (Phi) is 4.11. The molecule has 1 atom stereocenters. The Balaban J connectivity index is 1.80. The summed E-state index contributed by atoms with van der Waals surface area (Å²) in [5.74, 6) is 0. The van der Waals surface area contributed by atoms with Crippen molar-refractivity contribution in [1.29, 1.82) is 0 Å². The third kappa shape index (κ3) is 3.07. The molecule has 1 aliphatic heterocycles. The molecule has 0 aliphatic carbocycles. The summed E-state index contributed by atoms with van der Waals surface area (Å²) in [4.78, 5) is 7.01. The zero-order chi connectivity index (χ0) is 13.8. The maximum Gasteiger partial charge on any atom is 0.0796 e. The highest BCUT2D eigenvalue weighted by Gasteiger charge is 2.24. The first-order valence-electron chi connectivity index (χ1n) is 7.46. The van der Waals surface area contributed by atoms with Gasteiger partial charge in [0.1, 0.15) is 0 Å². The molecule has 106 valence electrons. The van der Waals surface area contributed by atoms with E-state index in [1.807, 2.05) is 30.2 Å². The van der Waals surface area contributed by atoms with Gasteiger partial charge in [-0.2, -0.15) is 5.10 Å². The van der Waals surface area contributed by atoms with Crippen LogP contribution in [-0.2, 0) is 13.6 Å². The summed E-state index contributed by atoms with van der Waals surface area (Å²) < 4.78 is 1.90. The molecule has 2 aromatic rings. The fraction of sp³-hybridized carbons (Fsp3) is 0.500. The van der Waals surface area contributed by atoms with Crippen LogP contribution in [0.25, 0.3) is 0 Å². The number of pyridine rings is 1. The lowest BCUT2D eigenvalue weighted by atomic mass is 10.1. The van der Waals surface area contributed by atoms with E-state index in [1.165, 1.54) is 31.4 Å². The summed E-state index contributed by atoms with van der Waals surface area (Å²) in [5.41, 5.74) is 2.35. The van der Waals surface area contributed by atoms with Gasteiger partial charge in [-0.3, -0.25) is 14.6 Å². The van der Waals surface area contributed by atoms with Crippen molar-refractivity contribution in [2.45, 2.75) is 38.3 Å². The molecule has 0 aromatic carbocycles. The highest BCUT2D eigenvalue weighted by molar-refractivity contribution is 5.09. The number of hydrogen-bond acceptors (Lipinski definition) is 3. The molecule has 0 saturated carbocycles. The van der Waals surface area contributed by atoms with E-state index < -0.39 is 0 Å². The first-order chi connectivity index (χ1) is 9.83. The van der Waals surface area contributed by atoms with E-state index in [1.54, 1.807) is 0 Å². The normalized spacial score (nSPS) is 20.8. The van der Waals surface area contributed by atoms with Gasteiger partial charge in [-0.15, -0.1) is 0 Å². The van der Waals surface area contributed by atoms with Gasteiger partial charge in [-0.25, -0.2) is 0 Å². The van der Waals surface area contributed by atoms with Crippen molar-refractivity contribution in [2.75, 3.05) is 6.54 Å². The number of rotatable bonds is 3. The smallest absolute Gasteiger partial charge is 0.0796 e. The molecule has 1 aliphatic rings. The number of likely N-dealkylation sites (tertiary alicyclic amines) is 1. The van der Waals surface area contributed by atoms with Crippen LogP contribution < -0.4 is 0 Å². The van der Waals surface area contributed by atoms with E-state index in [9.17, 15) is 0 Å². The van der Waals surface area contributed by atoms with E-state index in [0.29, 0.717) is 6.04 Å². The van der Waals surface area contributed by atoms with E-state index in [2.05, 4.69) is 33.2 Å². The molecule has 0 spiro atoms. The molecule has 0 radical (unpaired) electrons. The standard InChI is InChI=1S/C16H22N4/c1-19-12-9-15(18-19)16-8-3-2-6-11-20(16)13-14-7-4-5-10-17-14/h4-5,7,9-10,12,16H,2-3,6,8,11,13H2,1H3. The summed E-state index contributed by atoms with van der Waals surface area (Å²) in [7, 11) is 1.99. The molecule has 1 saturated heterocycles. The predicted octanol–water partition coefficient (Wildman–Crippen LogP) is 2.93. The third-order valence-electron chi connectivity index (χ3n) is 4.03. The van der Waals surface area contributed by atoms with Crippen molar-refractivity contribution in [3.63, 3.8) is 0 Å². The van der Waals surface area contributed by atoms with Gasteiger partial charge in [0, 0.05) is 26.0 Å². The highest BCUT2D eigenvalue weighted by Crippen LogP contribution is 2.30. The predicted molar refractivity (Wildman–Crippen MR) is 79.1 cm³/mol. The van der Waals surface area contributed by atoms with E-state index >= 15 is 0 Å². The molecular weight excluding hydrogens is 248 g/mol. The van der Waals surface area contributed by atoms with Crippen LogP contribution in [0.5, 0.6) is 0 Å². The van der Waals surface area contributed by atoms with Crippen molar-refractivity contribution in [3.8, 4) is 0 Å². The minimum absolute atomic E-state index is 0.431. The van der Waals surface area contributed by atoms with Gasteiger partial charge in [0.05, 0.1) is 17.4 Å². The second-order valence-corrected chi connectivity index (χ2v) is 5.57. The Morgan fingerprint density at radius 2 is 2.15 bits per heavy atom. The lowest BCUT2D eigenvalue weighted by Crippen LogP contribution is -2.29. The first-order valence-corrected chi connectivity index (χ1v) is 7.46. The maximum absolute atomic E-state index is 4.62. The molecule has 4 nitrogen and oxygen atoms in total. The molecule has 0 N–H and O–H groups in total. The summed E-state index contributed by atoms with van der Waals surface area (Å²) in [5, 5.41) is 4.62. The molecule has 3 rings (SSSR count). The SMILES string of the molecule is Cn1ccc(C2CCCCCN2Cc2ccccn2)n1. The summed E-state index contributed by atoms with van der Waals surface area (Å²) in [6.07, 6.45) is 9.00. The van der Waals surface area contributed by atoms with Crippen molar-refractivity contribution < 1.29 is 0 Å². The second-order valence-electron chi connectivity index (χ2n) is 5.57. The van der Waals surface area contributed by atoms with E-state index in [4.69, 9.17) is 0 Å². The largest absolute Gasteiger partial charge is 0.289 e.